The highest BCUT2D eigenvalue weighted by Gasteiger charge is 2.30. The summed E-state index contributed by atoms with van der Waals surface area (Å²) >= 11 is 0. The number of aryl methyl sites for hydroxylation is 1. The average molecular weight is 279 g/mol. The zero-order chi connectivity index (χ0) is 14.7. The number of amides is 1. The Labute approximate surface area is 118 Å². The molecule has 1 saturated heterocycles. The summed E-state index contributed by atoms with van der Waals surface area (Å²) in [6.07, 6.45) is 0.406. The highest BCUT2D eigenvalue weighted by Crippen LogP contribution is 2.17. The largest absolute Gasteiger partial charge is 0.394 e. The Kier molecular flexibility index (Phi) is 4.57. The minimum absolute atomic E-state index is 0.0234. The maximum Gasteiger partial charge on any atom is 0.254 e. The van der Waals surface area contributed by atoms with Gasteiger partial charge in [0.15, 0.2) is 0 Å². The molecular weight excluding hydrogens is 258 g/mol. The topological polar surface area (TPSA) is 88.7 Å². The molecule has 0 aliphatic carbocycles. The number of aliphatic hydroxyl groups excluding tert-OH is 1. The van der Waals surface area contributed by atoms with E-state index in [1.165, 1.54) is 0 Å². The van der Waals surface area contributed by atoms with E-state index in [9.17, 15) is 9.90 Å². The summed E-state index contributed by atoms with van der Waals surface area (Å²) in [7, 11) is 0. The average Bonchev–Trinajstić information content (AvgIpc) is 2.46. The van der Waals surface area contributed by atoms with Crippen molar-refractivity contribution in [3.8, 4) is 0 Å². The Hall–Kier alpha value is -1.66. The van der Waals surface area contributed by atoms with E-state index in [0.29, 0.717) is 24.5 Å². The van der Waals surface area contributed by atoms with Gasteiger partial charge in [0.05, 0.1) is 25.4 Å². The SMILES string of the molecule is CCc1cc(C(=O)N2CC(CO)OCC2C)cc(N)n1. The number of nitrogens with zero attached hydrogens (tertiary/aromatic N) is 2. The van der Waals surface area contributed by atoms with Crippen LogP contribution in [0.25, 0.3) is 0 Å². The molecule has 3 N–H and O–H groups in total. The predicted molar refractivity (Wildman–Crippen MR) is 75.4 cm³/mol. The molecule has 1 aliphatic rings. The number of pyridine rings is 1. The van der Waals surface area contributed by atoms with E-state index in [4.69, 9.17) is 10.5 Å². The zero-order valence-electron chi connectivity index (χ0n) is 11.9. The van der Waals surface area contributed by atoms with Crippen molar-refractivity contribution in [2.75, 3.05) is 25.5 Å². The summed E-state index contributed by atoms with van der Waals surface area (Å²) in [5, 5.41) is 9.18. The van der Waals surface area contributed by atoms with Gasteiger partial charge >= 0.3 is 0 Å². The van der Waals surface area contributed by atoms with Crippen molar-refractivity contribution in [3.63, 3.8) is 0 Å². The number of carbonyl (C=O) groups excluding carboxylic acids is 1. The predicted octanol–water partition coefficient (Wildman–Crippen LogP) is 0.448. The fourth-order valence-electron chi connectivity index (χ4n) is 2.29. The molecule has 0 bridgehead atoms. The molecular formula is C14H21N3O3. The minimum atomic E-state index is -0.319. The summed E-state index contributed by atoms with van der Waals surface area (Å²) in [6.45, 7) is 4.62. The second-order valence-corrected chi connectivity index (χ2v) is 5.07. The molecule has 1 fully saturated rings. The molecule has 2 unspecified atom stereocenters. The molecule has 0 saturated carbocycles. The number of rotatable bonds is 3. The Balaban J connectivity index is 2.23. The standard InChI is InChI=1S/C14H21N3O3/c1-3-11-4-10(5-13(15)16-11)14(19)17-6-12(7-18)20-8-9(17)2/h4-5,9,12,18H,3,6-8H2,1-2H3,(H2,15,16). The number of nitrogen functional groups attached to an aromatic ring is 1. The molecule has 0 radical (unpaired) electrons. The van der Waals surface area contributed by atoms with Gasteiger partial charge in [0.2, 0.25) is 0 Å². The molecule has 0 aromatic carbocycles. The van der Waals surface area contributed by atoms with E-state index in [1.54, 1.807) is 17.0 Å². The summed E-state index contributed by atoms with van der Waals surface area (Å²) in [5.74, 6) is 0.260. The Morgan fingerprint density at radius 2 is 2.35 bits per heavy atom. The molecule has 2 rings (SSSR count). The molecule has 20 heavy (non-hydrogen) atoms. The van der Waals surface area contributed by atoms with Crippen LogP contribution in [0.1, 0.15) is 29.9 Å². The van der Waals surface area contributed by atoms with Crippen LogP contribution in [0.2, 0.25) is 0 Å². The van der Waals surface area contributed by atoms with Crippen molar-refractivity contribution in [2.45, 2.75) is 32.4 Å². The number of morpholine rings is 1. The van der Waals surface area contributed by atoms with Gasteiger partial charge in [-0.05, 0) is 25.5 Å². The number of hydrogen-bond donors (Lipinski definition) is 2. The third kappa shape index (κ3) is 3.08. The van der Waals surface area contributed by atoms with E-state index in [2.05, 4.69) is 4.98 Å². The highest BCUT2D eigenvalue weighted by atomic mass is 16.5. The lowest BCUT2D eigenvalue weighted by Crippen LogP contribution is -2.52. The van der Waals surface area contributed by atoms with Crippen LogP contribution in [0.3, 0.4) is 0 Å². The summed E-state index contributed by atoms with van der Waals surface area (Å²) in [6, 6.07) is 3.34. The van der Waals surface area contributed by atoms with E-state index in [-0.39, 0.29) is 24.7 Å². The van der Waals surface area contributed by atoms with Crippen LogP contribution >= 0.6 is 0 Å². The summed E-state index contributed by atoms with van der Waals surface area (Å²) in [5.41, 5.74) is 7.08. The third-order valence-electron chi connectivity index (χ3n) is 3.48. The fourth-order valence-corrected chi connectivity index (χ4v) is 2.29. The third-order valence-corrected chi connectivity index (χ3v) is 3.48. The molecule has 1 aromatic rings. The number of carbonyl (C=O) groups is 1. The van der Waals surface area contributed by atoms with Crippen molar-refractivity contribution >= 4 is 11.7 Å². The number of nitrogens with two attached hydrogens (primary N) is 1. The van der Waals surface area contributed by atoms with Crippen LogP contribution in [-0.2, 0) is 11.2 Å². The Bertz CT molecular complexity index is 493. The van der Waals surface area contributed by atoms with Crippen LogP contribution in [0.15, 0.2) is 12.1 Å². The van der Waals surface area contributed by atoms with Crippen molar-refractivity contribution in [1.82, 2.24) is 9.88 Å². The lowest BCUT2D eigenvalue weighted by Gasteiger charge is -2.37. The van der Waals surface area contributed by atoms with Gasteiger partial charge in [0, 0.05) is 17.8 Å². The first-order chi connectivity index (χ1) is 9.55. The van der Waals surface area contributed by atoms with Crippen molar-refractivity contribution in [3.05, 3.63) is 23.4 Å². The minimum Gasteiger partial charge on any atom is -0.394 e. The molecule has 6 heteroatoms. The van der Waals surface area contributed by atoms with Crippen LogP contribution in [0, 0.1) is 0 Å². The maximum atomic E-state index is 12.6. The van der Waals surface area contributed by atoms with E-state index < -0.39 is 0 Å². The second kappa shape index (κ2) is 6.19. The van der Waals surface area contributed by atoms with Gasteiger partial charge in [-0.2, -0.15) is 0 Å². The smallest absolute Gasteiger partial charge is 0.254 e. The molecule has 0 spiro atoms. The van der Waals surface area contributed by atoms with Gasteiger partial charge in [-0.1, -0.05) is 6.92 Å². The van der Waals surface area contributed by atoms with Gasteiger partial charge in [-0.15, -0.1) is 0 Å². The lowest BCUT2D eigenvalue weighted by molar-refractivity contribution is -0.0667. The van der Waals surface area contributed by atoms with Crippen molar-refractivity contribution in [1.29, 1.82) is 0 Å². The van der Waals surface area contributed by atoms with Gasteiger partial charge in [0.1, 0.15) is 5.82 Å². The first-order valence-corrected chi connectivity index (χ1v) is 6.85. The second-order valence-electron chi connectivity index (χ2n) is 5.07. The molecule has 1 amide bonds. The van der Waals surface area contributed by atoms with Crippen molar-refractivity contribution < 1.29 is 14.6 Å². The van der Waals surface area contributed by atoms with E-state index in [1.807, 2.05) is 13.8 Å². The first kappa shape index (κ1) is 14.7. The first-order valence-electron chi connectivity index (χ1n) is 6.85. The Morgan fingerprint density at radius 1 is 1.60 bits per heavy atom. The van der Waals surface area contributed by atoms with Gasteiger partial charge < -0.3 is 20.5 Å². The normalized spacial score (nSPS) is 22.9. The van der Waals surface area contributed by atoms with E-state index in [0.717, 1.165) is 12.1 Å². The number of ether oxygens (including phenoxy) is 1. The summed E-state index contributed by atoms with van der Waals surface area (Å²) in [4.78, 5) is 18.5. The van der Waals surface area contributed by atoms with Gasteiger partial charge in [-0.25, -0.2) is 4.98 Å². The fraction of sp³-hybridized carbons (Fsp3) is 0.571. The van der Waals surface area contributed by atoms with Gasteiger partial charge in [-0.3, -0.25) is 4.79 Å². The number of aromatic nitrogens is 1. The van der Waals surface area contributed by atoms with Crippen LogP contribution in [-0.4, -0.2) is 52.8 Å². The molecule has 110 valence electrons. The van der Waals surface area contributed by atoms with E-state index >= 15 is 0 Å². The Morgan fingerprint density at radius 3 is 3.00 bits per heavy atom. The number of aliphatic hydroxyl groups is 1. The number of anilines is 1. The van der Waals surface area contributed by atoms with Crippen LogP contribution < -0.4 is 5.73 Å². The quantitative estimate of drug-likeness (QED) is 0.838. The maximum absolute atomic E-state index is 12.6. The highest BCUT2D eigenvalue weighted by molar-refractivity contribution is 5.95. The van der Waals surface area contributed by atoms with Crippen molar-refractivity contribution in [2.24, 2.45) is 0 Å². The summed E-state index contributed by atoms with van der Waals surface area (Å²) < 4.78 is 5.44. The molecule has 1 aromatic heterocycles. The molecule has 1 aliphatic heterocycles. The van der Waals surface area contributed by atoms with Crippen LogP contribution in [0.4, 0.5) is 5.82 Å². The lowest BCUT2D eigenvalue weighted by atomic mass is 10.1. The zero-order valence-corrected chi connectivity index (χ0v) is 11.9. The monoisotopic (exact) mass is 279 g/mol. The van der Waals surface area contributed by atoms with Gasteiger partial charge in [0.25, 0.3) is 5.91 Å². The molecule has 6 nitrogen and oxygen atoms in total. The molecule has 2 heterocycles. The molecule has 2 atom stereocenters. The van der Waals surface area contributed by atoms with Crippen LogP contribution in [0.5, 0.6) is 0 Å². The number of hydrogen-bond acceptors (Lipinski definition) is 5.